The predicted octanol–water partition coefficient (Wildman–Crippen LogP) is 1.44. The number of nitrogens with two attached hydrogens (primary N) is 1. The van der Waals surface area contributed by atoms with E-state index in [9.17, 15) is 4.79 Å². The van der Waals surface area contributed by atoms with Gasteiger partial charge in [0, 0.05) is 30.2 Å². The molecule has 0 atom stereocenters. The zero-order chi connectivity index (χ0) is 15.0. The van der Waals surface area contributed by atoms with E-state index < -0.39 is 0 Å². The molecule has 21 heavy (non-hydrogen) atoms. The number of anilines is 1. The minimum absolute atomic E-state index is 0.0685. The second kappa shape index (κ2) is 5.36. The first kappa shape index (κ1) is 13.9. The number of hydrogen-bond donors (Lipinski definition) is 1. The Balaban J connectivity index is 1.83. The molecule has 7 nitrogen and oxygen atoms in total. The van der Waals surface area contributed by atoms with Crippen molar-refractivity contribution in [1.29, 1.82) is 0 Å². The number of nitrogen functional groups attached to an aromatic ring is 1. The molecule has 8 heteroatoms. The predicted molar refractivity (Wildman–Crippen MR) is 79.1 cm³/mol. The number of nitrogens with zero attached hydrogens (tertiary/aromatic N) is 5. The van der Waals surface area contributed by atoms with E-state index in [0.717, 1.165) is 22.9 Å². The van der Waals surface area contributed by atoms with Gasteiger partial charge in [-0.25, -0.2) is 4.68 Å². The normalized spacial score (nSPS) is 14.2. The molecular weight excluding hydrogens is 288 g/mol. The smallest absolute Gasteiger partial charge is 0.253 e. The first-order chi connectivity index (χ1) is 10.1. The van der Waals surface area contributed by atoms with Gasteiger partial charge in [0.25, 0.3) is 5.91 Å². The SMILES string of the molecule is CN(C)C(=O)c1ccc(Sc2nnnn2C2CC2)c(N)c1. The summed E-state index contributed by atoms with van der Waals surface area (Å²) in [6, 6.07) is 5.71. The van der Waals surface area contributed by atoms with Crippen LogP contribution in [0.5, 0.6) is 0 Å². The van der Waals surface area contributed by atoms with Crippen molar-refractivity contribution in [3.8, 4) is 0 Å². The zero-order valence-corrected chi connectivity index (χ0v) is 12.7. The number of tetrazole rings is 1. The summed E-state index contributed by atoms with van der Waals surface area (Å²) in [5.41, 5.74) is 7.17. The number of carbonyl (C=O) groups excluding carboxylic acids is 1. The van der Waals surface area contributed by atoms with Crippen LogP contribution in [0.1, 0.15) is 29.2 Å². The Morgan fingerprint density at radius 2 is 2.19 bits per heavy atom. The maximum atomic E-state index is 11.9. The highest BCUT2D eigenvalue weighted by atomic mass is 32.2. The van der Waals surface area contributed by atoms with Crippen molar-refractivity contribution in [2.45, 2.75) is 28.9 Å². The van der Waals surface area contributed by atoms with Crippen LogP contribution in [0.4, 0.5) is 5.69 Å². The standard InChI is InChI=1S/C13H16N6OS/c1-18(2)12(20)8-3-6-11(10(14)7-8)21-13-15-16-17-19(13)9-4-5-9/h3,6-7,9H,4-5,14H2,1-2H3. The van der Waals surface area contributed by atoms with E-state index in [0.29, 0.717) is 17.3 Å². The molecule has 110 valence electrons. The van der Waals surface area contributed by atoms with Gasteiger partial charge < -0.3 is 10.6 Å². The van der Waals surface area contributed by atoms with E-state index in [4.69, 9.17) is 5.73 Å². The molecule has 0 spiro atoms. The maximum Gasteiger partial charge on any atom is 0.253 e. The van der Waals surface area contributed by atoms with Crippen LogP contribution < -0.4 is 5.73 Å². The number of rotatable bonds is 4. The van der Waals surface area contributed by atoms with Crippen molar-refractivity contribution >= 4 is 23.4 Å². The van der Waals surface area contributed by atoms with Gasteiger partial charge in [-0.05, 0) is 53.2 Å². The lowest BCUT2D eigenvalue weighted by Crippen LogP contribution is -2.21. The molecule has 1 aromatic carbocycles. The first-order valence-corrected chi connectivity index (χ1v) is 7.45. The molecule has 0 radical (unpaired) electrons. The Morgan fingerprint density at radius 1 is 1.43 bits per heavy atom. The molecule has 1 aliphatic carbocycles. The lowest BCUT2D eigenvalue weighted by Gasteiger charge is -2.12. The van der Waals surface area contributed by atoms with Gasteiger partial charge in [0.1, 0.15) is 0 Å². The van der Waals surface area contributed by atoms with Gasteiger partial charge in [-0.3, -0.25) is 4.79 Å². The topological polar surface area (TPSA) is 89.9 Å². The van der Waals surface area contributed by atoms with Gasteiger partial charge in [0.2, 0.25) is 5.16 Å². The molecule has 0 aliphatic heterocycles. The molecule has 2 N–H and O–H groups in total. The Hall–Kier alpha value is -2.09. The molecule has 0 unspecified atom stereocenters. The van der Waals surface area contributed by atoms with Crippen LogP contribution in [0.25, 0.3) is 0 Å². The second-order valence-electron chi connectivity index (χ2n) is 5.19. The zero-order valence-electron chi connectivity index (χ0n) is 11.9. The third-order valence-electron chi connectivity index (χ3n) is 3.22. The van der Waals surface area contributed by atoms with Gasteiger partial charge in [0.05, 0.1) is 6.04 Å². The van der Waals surface area contributed by atoms with Gasteiger partial charge in [-0.15, -0.1) is 5.10 Å². The summed E-state index contributed by atoms with van der Waals surface area (Å²) in [6.07, 6.45) is 2.23. The monoisotopic (exact) mass is 304 g/mol. The van der Waals surface area contributed by atoms with Crippen LogP contribution >= 0.6 is 11.8 Å². The third kappa shape index (κ3) is 2.85. The Labute approximate surface area is 126 Å². The molecule has 1 aliphatic rings. The summed E-state index contributed by atoms with van der Waals surface area (Å²) in [7, 11) is 3.43. The van der Waals surface area contributed by atoms with Gasteiger partial charge >= 0.3 is 0 Å². The largest absolute Gasteiger partial charge is 0.398 e. The fourth-order valence-electron chi connectivity index (χ4n) is 1.93. The van der Waals surface area contributed by atoms with Gasteiger partial charge in [-0.2, -0.15) is 0 Å². The van der Waals surface area contributed by atoms with E-state index in [1.54, 1.807) is 26.2 Å². The molecule has 1 heterocycles. The van der Waals surface area contributed by atoms with Crippen molar-refractivity contribution < 1.29 is 4.79 Å². The third-order valence-corrected chi connectivity index (χ3v) is 4.26. The van der Waals surface area contributed by atoms with E-state index in [-0.39, 0.29) is 5.91 Å². The van der Waals surface area contributed by atoms with Crippen molar-refractivity contribution in [3.05, 3.63) is 23.8 Å². The molecule has 1 saturated carbocycles. The lowest BCUT2D eigenvalue weighted by molar-refractivity contribution is 0.0827. The van der Waals surface area contributed by atoms with E-state index in [1.165, 1.54) is 16.7 Å². The van der Waals surface area contributed by atoms with Crippen LogP contribution in [0, 0.1) is 0 Å². The molecular formula is C13H16N6OS. The molecule has 0 bridgehead atoms. The number of hydrogen-bond acceptors (Lipinski definition) is 6. The highest BCUT2D eigenvalue weighted by molar-refractivity contribution is 7.99. The number of carbonyl (C=O) groups is 1. The van der Waals surface area contributed by atoms with Crippen LogP contribution in [0.2, 0.25) is 0 Å². The van der Waals surface area contributed by atoms with Crippen LogP contribution in [0.15, 0.2) is 28.3 Å². The van der Waals surface area contributed by atoms with Crippen molar-refractivity contribution in [2.24, 2.45) is 0 Å². The second-order valence-corrected chi connectivity index (χ2v) is 6.20. The lowest BCUT2D eigenvalue weighted by atomic mass is 10.2. The number of amides is 1. The highest BCUT2D eigenvalue weighted by Crippen LogP contribution is 2.39. The van der Waals surface area contributed by atoms with E-state index in [2.05, 4.69) is 15.5 Å². The first-order valence-electron chi connectivity index (χ1n) is 6.63. The average molecular weight is 304 g/mol. The van der Waals surface area contributed by atoms with Crippen LogP contribution in [-0.4, -0.2) is 45.1 Å². The number of benzene rings is 1. The summed E-state index contributed by atoms with van der Waals surface area (Å²) in [5, 5.41) is 12.5. The molecule has 1 amide bonds. The molecule has 2 aromatic rings. The molecule has 3 rings (SSSR count). The summed E-state index contributed by atoms with van der Waals surface area (Å²) in [4.78, 5) is 14.3. The fourth-order valence-corrected chi connectivity index (χ4v) is 2.80. The summed E-state index contributed by atoms with van der Waals surface area (Å²) in [5.74, 6) is -0.0685. The molecule has 0 saturated heterocycles. The van der Waals surface area contributed by atoms with Gasteiger partial charge in [0.15, 0.2) is 0 Å². The van der Waals surface area contributed by atoms with Crippen molar-refractivity contribution in [1.82, 2.24) is 25.1 Å². The summed E-state index contributed by atoms with van der Waals surface area (Å²) in [6.45, 7) is 0. The van der Waals surface area contributed by atoms with E-state index in [1.807, 2.05) is 10.7 Å². The maximum absolute atomic E-state index is 11.9. The Kier molecular flexibility index (Phi) is 3.54. The van der Waals surface area contributed by atoms with Gasteiger partial charge in [-0.1, -0.05) is 0 Å². The van der Waals surface area contributed by atoms with Crippen molar-refractivity contribution in [2.75, 3.05) is 19.8 Å². The molecule has 1 aromatic heterocycles. The Morgan fingerprint density at radius 3 is 2.81 bits per heavy atom. The van der Waals surface area contributed by atoms with E-state index >= 15 is 0 Å². The average Bonchev–Trinajstić information content (AvgIpc) is 3.20. The van der Waals surface area contributed by atoms with Crippen LogP contribution in [0.3, 0.4) is 0 Å². The summed E-state index contributed by atoms with van der Waals surface area (Å²) < 4.78 is 1.84. The molecule has 1 fully saturated rings. The Bertz CT molecular complexity index is 679. The van der Waals surface area contributed by atoms with Crippen molar-refractivity contribution in [3.63, 3.8) is 0 Å². The summed E-state index contributed by atoms with van der Waals surface area (Å²) >= 11 is 1.42. The minimum atomic E-state index is -0.0685. The fraction of sp³-hybridized carbons (Fsp3) is 0.385. The minimum Gasteiger partial charge on any atom is -0.398 e. The quantitative estimate of drug-likeness (QED) is 0.860. The van der Waals surface area contributed by atoms with Crippen LogP contribution in [-0.2, 0) is 0 Å². The number of aromatic nitrogens is 4. The highest BCUT2D eigenvalue weighted by Gasteiger charge is 2.28.